The van der Waals surface area contributed by atoms with Gasteiger partial charge in [0.2, 0.25) is 0 Å². The topological polar surface area (TPSA) is 88.5 Å². The van der Waals surface area contributed by atoms with Gasteiger partial charge >= 0.3 is 7.60 Å². The number of benzene rings is 1. The lowest BCUT2D eigenvalue weighted by atomic mass is 10.2. The van der Waals surface area contributed by atoms with Crippen LogP contribution < -0.4 is 0 Å². The normalized spacial score (nSPS) is 25.8. The number of nitrogens with zero attached hydrogens (tertiary/aromatic N) is 1. The van der Waals surface area contributed by atoms with Gasteiger partial charge in [-0.2, -0.15) is 0 Å². The largest absolute Gasteiger partial charge is 0.376 e. The molecule has 1 saturated heterocycles. The Kier molecular flexibility index (Phi) is 6.73. The highest BCUT2D eigenvalue weighted by Gasteiger charge is 2.51. The Morgan fingerprint density at radius 3 is 2.35 bits per heavy atom. The lowest BCUT2D eigenvalue weighted by Gasteiger charge is -2.27. The first-order valence-corrected chi connectivity index (χ1v) is 9.33. The van der Waals surface area contributed by atoms with Crippen LogP contribution >= 0.6 is 7.60 Å². The first-order valence-electron chi connectivity index (χ1n) is 7.72. The van der Waals surface area contributed by atoms with Crippen LogP contribution in [0.2, 0.25) is 0 Å². The number of rotatable bonds is 8. The molecule has 0 aliphatic carbocycles. The van der Waals surface area contributed by atoms with Gasteiger partial charge in [-0.1, -0.05) is 30.3 Å². The monoisotopic (exact) mass is 345 g/mol. The molecule has 0 radical (unpaired) electrons. The van der Waals surface area contributed by atoms with Gasteiger partial charge in [0.1, 0.15) is 18.1 Å². The van der Waals surface area contributed by atoms with Crippen molar-refractivity contribution in [2.45, 2.75) is 45.0 Å². The SMILES string of the molecule is CCOP(=O)(OCC)C1CC(O)N(OCc2ccccc2)C1O. The molecule has 130 valence electrons. The van der Waals surface area contributed by atoms with Crippen molar-refractivity contribution in [1.82, 2.24) is 5.06 Å². The second-order valence-corrected chi connectivity index (χ2v) is 7.45. The Morgan fingerprint density at radius 1 is 1.17 bits per heavy atom. The van der Waals surface area contributed by atoms with Crippen molar-refractivity contribution in [3.8, 4) is 0 Å². The zero-order valence-electron chi connectivity index (χ0n) is 13.4. The summed E-state index contributed by atoms with van der Waals surface area (Å²) in [4.78, 5) is 5.50. The van der Waals surface area contributed by atoms with Crippen molar-refractivity contribution in [1.29, 1.82) is 0 Å². The van der Waals surface area contributed by atoms with E-state index in [0.29, 0.717) is 0 Å². The molecule has 7 nitrogen and oxygen atoms in total. The minimum absolute atomic E-state index is 0.0488. The van der Waals surface area contributed by atoms with Gasteiger partial charge in [-0.3, -0.25) is 9.40 Å². The van der Waals surface area contributed by atoms with Crippen LogP contribution in [-0.4, -0.2) is 46.6 Å². The van der Waals surface area contributed by atoms with Gasteiger partial charge in [0.15, 0.2) is 0 Å². The number of aliphatic hydroxyl groups is 2. The van der Waals surface area contributed by atoms with Crippen molar-refractivity contribution in [2.24, 2.45) is 0 Å². The summed E-state index contributed by atoms with van der Waals surface area (Å²) < 4.78 is 23.3. The molecular formula is C15H24NO6P. The van der Waals surface area contributed by atoms with Crippen molar-refractivity contribution < 1.29 is 28.7 Å². The highest BCUT2D eigenvalue weighted by Crippen LogP contribution is 2.58. The summed E-state index contributed by atoms with van der Waals surface area (Å²) in [6, 6.07) is 9.38. The van der Waals surface area contributed by atoms with E-state index in [9.17, 15) is 14.8 Å². The average Bonchev–Trinajstić information content (AvgIpc) is 2.82. The van der Waals surface area contributed by atoms with Crippen LogP contribution in [0.1, 0.15) is 25.8 Å². The van der Waals surface area contributed by atoms with Crippen molar-refractivity contribution in [3.05, 3.63) is 35.9 Å². The molecule has 0 spiro atoms. The second-order valence-electron chi connectivity index (χ2n) is 5.19. The summed E-state index contributed by atoms with van der Waals surface area (Å²) >= 11 is 0. The van der Waals surface area contributed by atoms with E-state index in [-0.39, 0.29) is 26.2 Å². The summed E-state index contributed by atoms with van der Waals surface area (Å²) in [5, 5.41) is 21.6. The van der Waals surface area contributed by atoms with Gasteiger partial charge < -0.3 is 19.3 Å². The van der Waals surface area contributed by atoms with Gasteiger partial charge in [-0.15, -0.1) is 5.06 Å². The van der Waals surface area contributed by atoms with Gasteiger partial charge in [0, 0.05) is 6.42 Å². The molecule has 1 aliphatic heterocycles. The Labute approximate surface area is 136 Å². The quantitative estimate of drug-likeness (QED) is 0.698. The van der Waals surface area contributed by atoms with Crippen LogP contribution in [0.3, 0.4) is 0 Å². The molecule has 1 fully saturated rings. The van der Waals surface area contributed by atoms with E-state index in [1.807, 2.05) is 30.3 Å². The minimum atomic E-state index is -3.53. The molecule has 2 rings (SSSR count). The molecule has 3 unspecified atom stereocenters. The highest BCUT2D eigenvalue weighted by atomic mass is 31.2. The first-order chi connectivity index (χ1) is 11.0. The van der Waals surface area contributed by atoms with E-state index in [1.165, 1.54) is 0 Å². The summed E-state index contributed by atoms with van der Waals surface area (Å²) in [5.74, 6) is 0. The molecule has 0 bridgehead atoms. The lowest BCUT2D eigenvalue weighted by molar-refractivity contribution is -0.281. The van der Waals surface area contributed by atoms with E-state index in [1.54, 1.807) is 13.8 Å². The third kappa shape index (κ3) is 4.39. The fraction of sp³-hybridized carbons (Fsp3) is 0.600. The zero-order valence-corrected chi connectivity index (χ0v) is 14.3. The van der Waals surface area contributed by atoms with E-state index in [0.717, 1.165) is 10.6 Å². The molecule has 1 aliphatic rings. The van der Waals surface area contributed by atoms with E-state index in [4.69, 9.17) is 13.9 Å². The van der Waals surface area contributed by atoms with E-state index < -0.39 is 25.7 Å². The molecule has 0 amide bonds. The summed E-state index contributed by atoms with van der Waals surface area (Å²) in [5.41, 5.74) is 0.0429. The van der Waals surface area contributed by atoms with Gasteiger partial charge in [0.25, 0.3) is 0 Å². The molecule has 2 N–H and O–H groups in total. The Bertz CT molecular complexity index is 518. The highest BCUT2D eigenvalue weighted by molar-refractivity contribution is 7.54. The van der Waals surface area contributed by atoms with Crippen LogP contribution in [0, 0.1) is 0 Å². The van der Waals surface area contributed by atoms with Crippen LogP contribution in [0.5, 0.6) is 0 Å². The number of hydrogen-bond acceptors (Lipinski definition) is 7. The van der Waals surface area contributed by atoms with Gasteiger partial charge in [-0.25, -0.2) is 0 Å². The van der Waals surface area contributed by atoms with Crippen molar-refractivity contribution in [3.63, 3.8) is 0 Å². The molecule has 0 saturated carbocycles. The molecular weight excluding hydrogens is 321 g/mol. The fourth-order valence-electron chi connectivity index (χ4n) is 2.55. The summed E-state index contributed by atoms with van der Waals surface area (Å²) in [7, 11) is -3.53. The van der Waals surface area contributed by atoms with Gasteiger partial charge in [0.05, 0.1) is 19.8 Å². The fourth-order valence-corrected chi connectivity index (χ4v) is 4.64. The third-order valence-electron chi connectivity index (χ3n) is 3.60. The van der Waals surface area contributed by atoms with Gasteiger partial charge in [-0.05, 0) is 19.4 Å². The van der Waals surface area contributed by atoms with Crippen molar-refractivity contribution >= 4 is 7.60 Å². The molecule has 23 heavy (non-hydrogen) atoms. The second kappa shape index (κ2) is 8.35. The molecule has 1 aromatic carbocycles. The maximum Gasteiger partial charge on any atom is 0.337 e. The Hall–Kier alpha value is -0.790. The predicted molar refractivity (Wildman–Crippen MR) is 84.3 cm³/mol. The Morgan fingerprint density at radius 2 is 1.78 bits per heavy atom. The Balaban J connectivity index is 2.05. The van der Waals surface area contributed by atoms with Crippen LogP contribution in [0.15, 0.2) is 30.3 Å². The number of hydrogen-bond donors (Lipinski definition) is 2. The van der Waals surface area contributed by atoms with E-state index in [2.05, 4.69) is 0 Å². The number of aliphatic hydroxyl groups excluding tert-OH is 2. The smallest absolute Gasteiger partial charge is 0.337 e. The number of hydroxylamine groups is 2. The zero-order chi connectivity index (χ0) is 16.9. The average molecular weight is 345 g/mol. The molecule has 3 atom stereocenters. The first kappa shape index (κ1) is 18.5. The maximum atomic E-state index is 12.8. The maximum absolute atomic E-state index is 12.8. The minimum Gasteiger partial charge on any atom is -0.376 e. The van der Waals surface area contributed by atoms with Crippen LogP contribution in [0.25, 0.3) is 0 Å². The predicted octanol–water partition coefficient (Wildman–Crippen LogP) is 2.10. The molecule has 1 heterocycles. The third-order valence-corrected chi connectivity index (χ3v) is 6.12. The standard InChI is InChI=1S/C15H24NO6P/c1-3-21-23(19,22-4-2)13-10-14(17)16(15(13)18)20-11-12-8-6-5-7-9-12/h5-9,13-15,17-18H,3-4,10-11H2,1-2H3. The van der Waals surface area contributed by atoms with Crippen LogP contribution in [0.4, 0.5) is 0 Å². The molecule has 1 aromatic rings. The van der Waals surface area contributed by atoms with E-state index >= 15 is 0 Å². The van der Waals surface area contributed by atoms with Crippen molar-refractivity contribution in [2.75, 3.05) is 13.2 Å². The summed E-state index contributed by atoms with van der Waals surface area (Å²) in [6.45, 7) is 3.98. The summed E-state index contributed by atoms with van der Waals surface area (Å²) in [6.07, 6.45) is -2.29. The molecule has 0 aromatic heterocycles. The lowest BCUT2D eigenvalue weighted by Crippen LogP contribution is -2.38. The molecule has 8 heteroatoms. The van der Waals surface area contributed by atoms with Crippen LogP contribution in [-0.2, 0) is 25.1 Å².